The molecule has 1 heterocycles. The number of carbonyl (C=O) groups is 1. The van der Waals surface area contributed by atoms with Gasteiger partial charge in [0, 0.05) is 39.3 Å². The molecule has 0 spiro atoms. The average Bonchev–Trinajstić information content (AvgIpc) is 2.40. The number of urea groups is 1. The van der Waals surface area contributed by atoms with Gasteiger partial charge in [0.1, 0.15) is 0 Å². The number of morpholine rings is 1. The first-order valence-corrected chi connectivity index (χ1v) is 6.97. The smallest absolute Gasteiger partial charge is 0.314 e. The van der Waals surface area contributed by atoms with E-state index < -0.39 is 0 Å². The molecule has 1 aliphatic heterocycles. The molecular formula is C13H27N3O3. The summed E-state index contributed by atoms with van der Waals surface area (Å²) in [7, 11) is 1.62. The lowest BCUT2D eigenvalue weighted by atomic mass is 10.0. The van der Waals surface area contributed by atoms with Gasteiger partial charge in [-0.15, -0.1) is 0 Å². The first-order valence-electron chi connectivity index (χ1n) is 6.97. The van der Waals surface area contributed by atoms with Crippen LogP contribution >= 0.6 is 0 Å². The Bertz CT molecular complexity index is 256. The summed E-state index contributed by atoms with van der Waals surface area (Å²) in [6.07, 6.45) is 0. The topological polar surface area (TPSA) is 62.8 Å². The van der Waals surface area contributed by atoms with Crippen molar-refractivity contribution in [2.24, 2.45) is 5.92 Å². The second-order valence-electron chi connectivity index (χ2n) is 5.09. The van der Waals surface area contributed by atoms with Gasteiger partial charge < -0.3 is 20.1 Å². The van der Waals surface area contributed by atoms with Gasteiger partial charge in [-0.05, 0) is 5.92 Å². The summed E-state index contributed by atoms with van der Waals surface area (Å²) >= 11 is 0. The number of nitrogens with one attached hydrogen (secondary N) is 2. The van der Waals surface area contributed by atoms with Gasteiger partial charge in [0.25, 0.3) is 0 Å². The SMILES string of the molecule is COCCNC(=O)NCC(C(C)C)N1CCOCC1. The van der Waals surface area contributed by atoms with Crippen LogP contribution in [0.3, 0.4) is 0 Å². The van der Waals surface area contributed by atoms with Gasteiger partial charge in [0.05, 0.1) is 19.8 Å². The van der Waals surface area contributed by atoms with Crippen LogP contribution in [0.4, 0.5) is 4.79 Å². The average molecular weight is 273 g/mol. The molecule has 0 aliphatic carbocycles. The molecule has 6 nitrogen and oxygen atoms in total. The molecule has 6 heteroatoms. The number of carbonyl (C=O) groups excluding carboxylic acids is 1. The normalized spacial score (nSPS) is 18.3. The van der Waals surface area contributed by atoms with E-state index in [4.69, 9.17) is 9.47 Å². The number of methoxy groups -OCH3 is 1. The minimum absolute atomic E-state index is 0.129. The molecule has 0 radical (unpaired) electrons. The fraction of sp³-hybridized carbons (Fsp3) is 0.923. The zero-order valence-corrected chi connectivity index (χ0v) is 12.3. The van der Waals surface area contributed by atoms with E-state index in [1.807, 2.05) is 0 Å². The van der Waals surface area contributed by atoms with E-state index in [1.54, 1.807) is 7.11 Å². The highest BCUT2D eigenvalue weighted by atomic mass is 16.5. The van der Waals surface area contributed by atoms with Crippen LogP contribution in [0.1, 0.15) is 13.8 Å². The Labute approximate surface area is 115 Å². The van der Waals surface area contributed by atoms with Crippen molar-refractivity contribution in [2.45, 2.75) is 19.9 Å². The Hall–Kier alpha value is -0.850. The van der Waals surface area contributed by atoms with Crippen LogP contribution in [0, 0.1) is 5.92 Å². The van der Waals surface area contributed by atoms with Gasteiger partial charge in [0.2, 0.25) is 0 Å². The standard InChI is InChI=1S/C13H27N3O3/c1-11(2)12(16-5-8-19-9-6-16)10-15-13(17)14-4-7-18-3/h11-12H,4-10H2,1-3H3,(H2,14,15,17). The van der Waals surface area contributed by atoms with E-state index >= 15 is 0 Å². The fourth-order valence-corrected chi connectivity index (χ4v) is 2.22. The van der Waals surface area contributed by atoms with Crippen molar-refractivity contribution in [1.82, 2.24) is 15.5 Å². The first kappa shape index (κ1) is 16.2. The molecule has 2 N–H and O–H groups in total. The molecule has 1 saturated heterocycles. The summed E-state index contributed by atoms with van der Waals surface area (Å²) < 4.78 is 10.3. The van der Waals surface area contributed by atoms with Crippen LogP contribution in [0.5, 0.6) is 0 Å². The summed E-state index contributed by atoms with van der Waals surface area (Å²) in [5, 5.41) is 5.69. The molecule has 19 heavy (non-hydrogen) atoms. The van der Waals surface area contributed by atoms with Crippen LogP contribution in [0.2, 0.25) is 0 Å². The third-order valence-electron chi connectivity index (χ3n) is 3.35. The Morgan fingerprint density at radius 2 is 2.00 bits per heavy atom. The minimum atomic E-state index is -0.129. The van der Waals surface area contributed by atoms with Gasteiger partial charge in [-0.25, -0.2) is 4.79 Å². The summed E-state index contributed by atoms with van der Waals surface area (Å²) in [4.78, 5) is 14.0. The van der Waals surface area contributed by atoms with E-state index in [-0.39, 0.29) is 6.03 Å². The Kier molecular flexibility index (Phi) is 7.78. The third-order valence-corrected chi connectivity index (χ3v) is 3.35. The van der Waals surface area contributed by atoms with Crippen LogP contribution in [-0.4, -0.2) is 70.1 Å². The zero-order valence-electron chi connectivity index (χ0n) is 12.3. The number of nitrogens with zero attached hydrogens (tertiary/aromatic N) is 1. The minimum Gasteiger partial charge on any atom is -0.383 e. The maximum atomic E-state index is 11.6. The molecule has 0 aromatic carbocycles. The summed E-state index contributed by atoms with van der Waals surface area (Å²) in [5.41, 5.74) is 0. The molecule has 1 unspecified atom stereocenters. The third kappa shape index (κ3) is 6.22. The number of ether oxygens (including phenoxy) is 2. The van der Waals surface area contributed by atoms with Crippen molar-refractivity contribution in [1.29, 1.82) is 0 Å². The van der Waals surface area contributed by atoms with Crippen molar-refractivity contribution in [3.05, 3.63) is 0 Å². The van der Waals surface area contributed by atoms with Crippen molar-refractivity contribution < 1.29 is 14.3 Å². The molecular weight excluding hydrogens is 246 g/mol. The fourth-order valence-electron chi connectivity index (χ4n) is 2.22. The van der Waals surface area contributed by atoms with Crippen LogP contribution in [0.15, 0.2) is 0 Å². The van der Waals surface area contributed by atoms with Crippen molar-refractivity contribution in [2.75, 3.05) is 53.1 Å². The van der Waals surface area contributed by atoms with E-state index in [0.29, 0.717) is 31.7 Å². The summed E-state index contributed by atoms with van der Waals surface area (Å²) in [5.74, 6) is 0.498. The quantitative estimate of drug-likeness (QED) is 0.655. The van der Waals surface area contributed by atoms with Crippen LogP contribution < -0.4 is 10.6 Å². The van der Waals surface area contributed by atoms with Crippen LogP contribution in [0.25, 0.3) is 0 Å². The van der Waals surface area contributed by atoms with E-state index in [9.17, 15) is 4.79 Å². The molecule has 0 bridgehead atoms. The van der Waals surface area contributed by atoms with Crippen LogP contribution in [-0.2, 0) is 9.47 Å². The van der Waals surface area contributed by atoms with Gasteiger partial charge in [0.15, 0.2) is 0 Å². The summed E-state index contributed by atoms with van der Waals surface area (Å²) in [6.45, 7) is 9.54. The van der Waals surface area contributed by atoms with Crippen molar-refractivity contribution >= 4 is 6.03 Å². The van der Waals surface area contributed by atoms with E-state index in [1.165, 1.54) is 0 Å². The molecule has 2 amide bonds. The number of hydrogen-bond acceptors (Lipinski definition) is 4. The monoisotopic (exact) mass is 273 g/mol. The molecule has 112 valence electrons. The maximum Gasteiger partial charge on any atom is 0.314 e. The largest absolute Gasteiger partial charge is 0.383 e. The van der Waals surface area contributed by atoms with E-state index in [2.05, 4.69) is 29.4 Å². The second kappa shape index (κ2) is 9.12. The predicted molar refractivity (Wildman–Crippen MR) is 74.3 cm³/mol. The lowest BCUT2D eigenvalue weighted by Crippen LogP contribution is -2.52. The molecule has 1 rings (SSSR count). The second-order valence-corrected chi connectivity index (χ2v) is 5.09. The summed E-state index contributed by atoms with van der Waals surface area (Å²) in [6, 6.07) is 0.230. The van der Waals surface area contributed by atoms with Gasteiger partial charge >= 0.3 is 6.03 Å². The predicted octanol–water partition coefficient (Wildman–Crippen LogP) is 0.289. The van der Waals surface area contributed by atoms with E-state index in [0.717, 1.165) is 26.3 Å². The number of rotatable bonds is 7. The zero-order chi connectivity index (χ0) is 14.1. The van der Waals surface area contributed by atoms with Gasteiger partial charge in [-0.2, -0.15) is 0 Å². The first-order chi connectivity index (χ1) is 9.15. The maximum absolute atomic E-state index is 11.6. The van der Waals surface area contributed by atoms with Crippen molar-refractivity contribution in [3.8, 4) is 0 Å². The number of hydrogen-bond donors (Lipinski definition) is 2. The number of amides is 2. The highest BCUT2D eigenvalue weighted by Gasteiger charge is 2.23. The molecule has 0 saturated carbocycles. The highest BCUT2D eigenvalue weighted by molar-refractivity contribution is 5.73. The molecule has 1 aliphatic rings. The van der Waals surface area contributed by atoms with Crippen molar-refractivity contribution in [3.63, 3.8) is 0 Å². The lowest BCUT2D eigenvalue weighted by molar-refractivity contribution is 0.00719. The molecule has 0 aromatic heterocycles. The van der Waals surface area contributed by atoms with Gasteiger partial charge in [-0.1, -0.05) is 13.8 Å². The Morgan fingerprint density at radius 3 is 2.58 bits per heavy atom. The molecule has 1 fully saturated rings. The van der Waals surface area contributed by atoms with Gasteiger partial charge in [-0.3, -0.25) is 4.90 Å². The Balaban J connectivity index is 2.30. The molecule has 0 aromatic rings. The Morgan fingerprint density at radius 1 is 1.32 bits per heavy atom. The molecule has 1 atom stereocenters. The highest BCUT2D eigenvalue weighted by Crippen LogP contribution is 2.12. The lowest BCUT2D eigenvalue weighted by Gasteiger charge is -2.36.